The Kier molecular flexibility index (Phi) is 3.40. The Labute approximate surface area is 156 Å². The Morgan fingerprint density at radius 3 is 2.85 bits per heavy atom. The number of guanidine groups is 1. The van der Waals surface area contributed by atoms with Crippen molar-refractivity contribution in [2.75, 3.05) is 20.3 Å². The SMILES string of the molecule is CN1C(=O)C2(CC3(CCCOC3)Oc3ccc(-c4ccco4)cc32)N=C1N. The number of carbonyl (C=O) groups excluding carboxylic acids is 1. The van der Waals surface area contributed by atoms with Crippen LogP contribution in [0.5, 0.6) is 5.75 Å². The number of likely N-dealkylation sites (N-methyl/N-ethyl adjacent to an activating group) is 1. The van der Waals surface area contributed by atoms with Crippen LogP contribution in [0.1, 0.15) is 24.8 Å². The van der Waals surface area contributed by atoms with Crippen LogP contribution in [0.2, 0.25) is 0 Å². The minimum Gasteiger partial charge on any atom is -0.484 e. The highest BCUT2D eigenvalue weighted by Crippen LogP contribution is 2.51. The van der Waals surface area contributed by atoms with E-state index >= 15 is 0 Å². The highest BCUT2D eigenvalue weighted by atomic mass is 16.5. The molecule has 1 aromatic heterocycles. The maximum atomic E-state index is 13.3. The fourth-order valence-electron chi connectivity index (χ4n) is 4.41. The Balaban J connectivity index is 1.70. The van der Waals surface area contributed by atoms with Crippen molar-refractivity contribution in [2.45, 2.75) is 30.4 Å². The first kappa shape index (κ1) is 16.4. The summed E-state index contributed by atoms with van der Waals surface area (Å²) in [6.45, 7) is 1.15. The van der Waals surface area contributed by atoms with Crippen LogP contribution in [-0.2, 0) is 15.1 Å². The van der Waals surface area contributed by atoms with Crippen molar-refractivity contribution in [3.63, 3.8) is 0 Å². The van der Waals surface area contributed by atoms with Gasteiger partial charge in [0, 0.05) is 31.2 Å². The predicted octanol–water partition coefficient (Wildman–Crippen LogP) is 2.26. The van der Waals surface area contributed by atoms with Crippen LogP contribution >= 0.6 is 0 Å². The van der Waals surface area contributed by atoms with Crippen LogP contribution < -0.4 is 10.5 Å². The number of fused-ring (bicyclic) bond motifs is 2. The second kappa shape index (κ2) is 5.60. The molecule has 1 saturated heterocycles. The number of nitrogens with zero attached hydrogens (tertiary/aromatic N) is 2. The second-order valence-corrected chi connectivity index (χ2v) is 7.50. The first-order valence-corrected chi connectivity index (χ1v) is 9.12. The molecule has 2 unspecified atom stereocenters. The number of benzene rings is 1. The number of amides is 1. The molecule has 1 amide bonds. The average Bonchev–Trinajstić information content (AvgIpc) is 3.27. The van der Waals surface area contributed by atoms with Crippen LogP contribution in [0.15, 0.2) is 46.0 Å². The molecule has 2 aromatic rings. The third-order valence-corrected chi connectivity index (χ3v) is 5.73. The zero-order valence-corrected chi connectivity index (χ0v) is 15.1. The van der Waals surface area contributed by atoms with E-state index in [1.54, 1.807) is 13.3 Å². The van der Waals surface area contributed by atoms with Gasteiger partial charge < -0.3 is 19.6 Å². The van der Waals surface area contributed by atoms with Gasteiger partial charge >= 0.3 is 0 Å². The topological polar surface area (TPSA) is 90.3 Å². The number of nitrogens with two attached hydrogens (primary N) is 1. The highest BCUT2D eigenvalue weighted by Gasteiger charge is 2.58. The zero-order valence-electron chi connectivity index (χ0n) is 15.1. The molecule has 2 atom stereocenters. The quantitative estimate of drug-likeness (QED) is 0.835. The van der Waals surface area contributed by atoms with Gasteiger partial charge in [-0.1, -0.05) is 0 Å². The minimum atomic E-state index is -1.09. The lowest BCUT2D eigenvalue weighted by molar-refractivity contribution is -0.139. The van der Waals surface area contributed by atoms with Gasteiger partial charge in [0.05, 0.1) is 12.9 Å². The normalized spacial score (nSPS) is 29.7. The predicted molar refractivity (Wildman–Crippen MR) is 98.2 cm³/mol. The number of hydrogen-bond donors (Lipinski definition) is 1. The summed E-state index contributed by atoms with van der Waals surface area (Å²) in [7, 11) is 1.66. The summed E-state index contributed by atoms with van der Waals surface area (Å²) in [5.74, 6) is 1.47. The standard InChI is InChI=1S/C20H21N3O4/c1-23-17(24)20(22-18(23)21)11-19(7-3-8-25-12-19)27-16-6-5-13(10-14(16)20)15-4-2-9-26-15/h2,4-6,9-10H,3,7-8,11-12H2,1H3,(H2,21,22). The molecule has 3 aliphatic rings. The molecule has 140 valence electrons. The Bertz CT molecular complexity index is 931. The molecule has 1 fully saturated rings. The smallest absolute Gasteiger partial charge is 0.261 e. The van der Waals surface area contributed by atoms with E-state index in [4.69, 9.17) is 19.6 Å². The molecule has 5 rings (SSSR count). The van der Waals surface area contributed by atoms with E-state index in [1.807, 2.05) is 30.3 Å². The summed E-state index contributed by atoms with van der Waals surface area (Å²) < 4.78 is 17.6. The van der Waals surface area contributed by atoms with Gasteiger partial charge in [-0.2, -0.15) is 0 Å². The van der Waals surface area contributed by atoms with Gasteiger partial charge in [-0.05, 0) is 43.2 Å². The van der Waals surface area contributed by atoms with Gasteiger partial charge in [0.1, 0.15) is 17.1 Å². The van der Waals surface area contributed by atoms with Gasteiger partial charge in [0.15, 0.2) is 11.5 Å². The van der Waals surface area contributed by atoms with Gasteiger partial charge in [-0.15, -0.1) is 0 Å². The van der Waals surface area contributed by atoms with Crippen molar-refractivity contribution in [3.05, 3.63) is 42.2 Å². The largest absolute Gasteiger partial charge is 0.484 e. The Hall–Kier alpha value is -2.80. The van der Waals surface area contributed by atoms with Crippen molar-refractivity contribution >= 4 is 11.9 Å². The number of rotatable bonds is 1. The number of ether oxygens (including phenoxy) is 2. The number of furan rings is 1. The van der Waals surface area contributed by atoms with Crippen molar-refractivity contribution in [1.82, 2.24) is 4.90 Å². The molecule has 2 N–H and O–H groups in total. The molecule has 0 radical (unpaired) electrons. The third kappa shape index (κ3) is 2.31. The third-order valence-electron chi connectivity index (χ3n) is 5.73. The Morgan fingerprint density at radius 1 is 1.30 bits per heavy atom. The molecule has 7 nitrogen and oxygen atoms in total. The first-order chi connectivity index (χ1) is 13.0. The summed E-state index contributed by atoms with van der Waals surface area (Å²) in [5, 5.41) is 0. The fourth-order valence-corrected chi connectivity index (χ4v) is 4.41. The van der Waals surface area contributed by atoms with Crippen LogP contribution in [0.25, 0.3) is 11.3 Å². The van der Waals surface area contributed by atoms with Crippen LogP contribution in [-0.4, -0.2) is 42.6 Å². The van der Waals surface area contributed by atoms with E-state index < -0.39 is 11.1 Å². The summed E-state index contributed by atoms with van der Waals surface area (Å²) in [4.78, 5) is 19.4. The lowest BCUT2D eigenvalue weighted by atomic mass is 9.74. The minimum absolute atomic E-state index is 0.133. The molecule has 2 spiro atoms. The number of aliphatic imine (C=N–C) groups is 1. The van der Waals surface area contributed by atoms with Crippen molar-refractivity contribution in [2.24, 2.45) is 10.7 Å². The molecule has 0 bridgehead atoms. The van der Waals surface area contributed by atoms with E-state index in [2.05, 4.69) is 4.99 Å². The second-order valence-electron chi connectivity index (χ2n) is 7.50. The van der Waals surface area contributed by atoms with Gasteiger partial charge in [0.2, 0.25) is 0 Å². The fraction of sp³-hybridized carbons (Fsp3) is 0.400. The maximum absolute atomic E-state index is 13.3. The van der Waals surface area contributed by atoms with Gasteiger partial charge in [-0.3, -0.25) is 9.69 Å². The molecule has 0 saturated carbocycles. The first-order valence-electron chi connectivity index (χ1n) is 9.12. The van der Waals surface area contributed by atoms with Crippen molar-refractivity contribution in [1.29, 1.82) is 0 Å². The number of hydrogen-bond acceptors (Lipinski definition) is 6. The summed E-state index contributed by atoms with van der Waals surface area (Å²) >= 11 is 0. The molecule has 27 heavy (non-hydrogen) atoms. The molecule has 7 heteroatoms. The highest BCUT2D eigenvalue weighted by molar-refractivity contribution is 6.07. The lowest BCUT2D eigenvalue weighted by Crippen LogP contribution is -2.55. The van der Waals surface area contributed by atoms with Crippen LogP contribution in [0.4, 0.5) is 0 Å². The summed E-state index contributed by atoms with van der Waals surface area (Å²) in [5.41, 5.74) is 5.99. The average molecular weight is 367 g/mol. The molecule has 4 heterocycles. The Morgan fingerprint density at radius 2 is 2.19 bits per heavy atom. The maximum Gasteiger partial charge on any atom is 0.261 e. The van der Waals surface area contributed by atoms with Gasteiger partial charge in [-0.25, -0.2) is 4.99 Å². The summed E-state index contributed by atoms with van der Waals surface area (Å²) in [6.07, 6.45) is 3.75. The summed E-state index contributed by atoms with van der Waals surface area (Å²) in [6, 6.07) is 9.47. The van der Waals surface area contributed by atoms with E-state index in [0.717, 1.165) is 29.7 Å². The van der Waals surface area contributed by atoms with Crippen molar-refractivity contribution < 1.29 is 18.7 Å². The molecule has 1 aromatic carbocycles. The van der Waals surface area contributed by atoms with E-state index in [1.165, 1.54) is 4.90 Å². The van der Waals surface area contributed by atoms with E-state index in [-0.39, 0.29) is 11.9 Å². The van der Waals surface area contributed by atoms with E-state index in [9.17, 15) is 4.79 Å². The van der Waals surface area contributed by atoms with Gasteiger partial charge in [0.25, 0.3) is 5.91 Å². The molecular formula is C20H21N3O4. The lowest BCUT2D eigenvalue weighted by Gasteiger charge is -2.46. The molecule has 0 aliphatic carbocycles. The zero-order chi connectivity index (χ0) is 18.6. The molecule has 3 aliphatic heterocycles. The van der Waals surface area contributed by atoms with Crippen LogP contribution in [0, 0.1) is 0 Å². The van der Waals surface area contributed by atoms with E-state index in [0.29, 0.717) is 25.4 Å². The monoisotopic (exact) mass is 367 g/mol. The van der Waals surface area contributed by atoms with Crippen molar-refractivity contribution in [3.8, 4) is 17.1 Å². The number of carbonyl (C=O) groups is 1. The van der Waals surface area contributed by atoms with Crippen LogP contribution in [0.3, 0.4) is 0 Å². The molecular weight excluding hydrogens is 346 g/mol.